The molecule has 2 aromatic rings. The molecule has 0 atom stereocenters. The van der Waals surface area contributed by atoms with Crippen molar-refractivity contribution in [2.45, 2.75) is 31.7 Å². The van der Waals surface area contributed by atoms with E-state index in [0.717, 1.165) is 18.5 Å². The molecule has 0 aliphatic heterocycles. The fraction of sp³-hybridized carbons (Fsp3) is 0.294. The van der Waals surface area contributed by atoms with E-state index in [1.807, 2.05) is 10.7 Å². The minimum atomic E-state index is -0.120. The number of rotatable bonds is 4. The second-order valence-electron chi connectivity index (χ2n) is 5.39. The van der Waals surface area contributed by atoms with Crippen LogP contribution in [0.5, 0.6) is 5.75 Å². The molecule has 1 aromatic carbocycles. The summed E-state index contributed by atoms with van der Waals surface area (Å²) in [6.45, 7) is 0. The molecule has 0 bridgehead atoms. The van der Waals surface area contributed by atoms with E-state index in [-0.39, 0.29) is 11.5 Å². The van der Waals surface area contributed by atoms with Gasteiger partial charge in [-0.3, -0.25) is 9.48 Å². The molecule has 3 rings (SSSR count). The molecule has 0 amide bonds. The molecule has 4 heteroatoms. The molecule has 1 fully saturated rings. The first-order valence-electron chi connectivity index (χ1n) is 7.29. The van der Waals surface area contributed by atoms with Crippen molar-refractivity contribution in [3.63, 3.8) is 0 Å². The predicted octanol–water partition coefficient (Wildman–Crippen LogP) is 3.60. The normalized spacial score (nSPS) is 15.8. The first-order valence-corrected chi connectivity index (χ1v) is 7.29. The van der Waals surface area contributed by atoms with Gasteiger partial charge in [0, 0.05) is 11.8 Å². The summed E-state index contributed by atoms with van der Waals surface area (Å²) in [5.74, 6) is -0.0182. The van der Waals surface area contributed by atoms with Gasteiger partial charge in [-0.25, -0.2) is 0 Å². The van der Waals surface area contributed by atoms with Crippen molar-refractivity contribution in [3.05, 3.63) is 53.9 Å². The van der Waals surface area contributed by atoms with Crippen LogP contribution in [0, 0.1) is 0 Å². The molecule has 0 spiro atoms. The van der Waals surface area contributed by atoms with E-state index < -0.39 is 0 Å². The number of allylic oxidation sites excluding steroid dienone is 1. The maximum absolute atomic E-state index is 12.1. The molecule has 1 N–H and O–H groups in total. The molecule has 1 aliphatic rings. The van der Waals surface area contributed by atoms with Crippen molar-refractivity contribution in [3.8, 4) is 5.75 Å². The van der Waals surface area contributed by atoms with Gasteiger partial charge in [-0.1, -0.05) is 25.0 Å². The van der Waals surface area contributed by atoms with Gasteiger partial charge in [-0.15, -0.1) is 0 Å². The number of nitrogens with zero attached hydrogens (tertiary/aromatic N) is 2. The first-order chi connectivity index (χ1) is 10.2. The van der Waals surface area contributed by atoms with Gasteiger partial charge in [-0.05, 0) is 43.2 Å². The van der Waals surface area contributed by atoms with Crippen molar-refractivity contribution < 1.29 is 9.90 Å². The number of aromatic hydroxyl groups is 1. The van der Waals surface area contributed by atoms with Crippen molar-refractivity contribution in [1.82, 2.24) is 9.78 Å². The van der Waals surface area contributed by atoms with Crippen molar-refractivity contribution in [2.24, 2.45) is 0 Å². The second-order valence-corrected chi connectivity index (χ2v) is 5.39. The zero-order valence-corrected chi connectivity index (χ0v) is 11.8. The number of phenolic OH excluding ortho intramolecular Hbond substituents is 1. The van der Waals surface area contributed by atoms with Crippen LogP contribution < -0.4 is 0 Å². The Balaban J connectivity index is 1.77. The quantitative estimate of drug-likeness (QED) is 0.688. The lowest BCUT2D eigenvalue weighted by Crippen LogP contribution is -2.08. The van der Waals surface area contributed by atoms with Gasteiger partial charge in [-0.2, -0.15) is 5.10 Å². The smallest absolute Gasteiger partial charge is 0.186 e. The predicted molar refractivity (Wildman–Crippen MR) is 81.2 cm³/mol. The van der Waals surface area contributed by atoms with Crippen molar-refractivity contribution in [1.29, 1.82) is 0 Å². The lowest BCUT2D eigenvalue weighted by Gasteiger charge is -2.11. The Morgan fingerprint density at radius 3 is 2.86 bits per heavy atom. The van der Waals surface area contributed by atoms with Crippen LogP contribution in [0.25, 0.3) is 6.08 Å². The van der Waals surface area contributed by atoms with Gasteiger partial charge in [0.1, 0.15) is 5.75 Å². The highest BCUT2D eigenvalue weighted by Crippen LogP contribution is 2.30. The molecule has 1 saturated carbocycles. The molecule has 0 unspecified atom stereocenters. The fourth-order valence-electron chi connectivity index (χ4n) is 2.83. The Morgan fingerprint density at radius 2 is 2.10 bits per heavy atom. The summed E-state index contributed by atoms with van der Waals surface area (Å²) >= 11 is 0. The molecular formula is C17H18N2O2. The van der Waals surface area contributed by atoms with E-state index in [4.69, 9.17) is 0 Å². The summed E-state index contributed by atoms with van der Waals surface area (Å²) in [7, 11) is 0. The number of hydrogen-bond acceptors (Lipinski definition) is 3. The Morgan fingerprint density at radius 1 is 1.29 bits per heavy atom. The largest absolute Gasteiger partial charge is 0.508 e. The summed E-state index contributed by atoms with van der Waals surface area (Å²) in [5, 5.41) is 13.8. The second kappa shape index (κ2) is 5.95. The standard InChI is InChI=1S/C17H18N2O2/c20-16-7-3-4-13(12-16)17(21)9-8-15-10-11-18-19(15)14-5-1-2-6-14/h3-4,7-12,14,20H,1-2,5-6H2/b9-8+. The van der Waals surface area contributed by atoms with Crippen LogP contribution in [-0.4, -0.2) is 20.7 Å². The molecule has 1 heterocycles. The van der Waals surface area contributed by atoms with Crippen LogP contribution >= 0.6 is 0 Å². The highest BCUT2D eigenvalue weighted by atomic mass is 16.3. The third-order valence-corrected chi connectivity index (χ3v) is 3.91. The van der Waals surface area contributed by atoms with Gasteiger partial charge >= 0.3 is 0 Å². The summed E-state index contributed by atoms with van der Waals surface area (Å²) < 4.78 is 2.01. The molecule has 1 aromatic heterocycles. The van der Waals surface area contributed by atoms with Gasteiger partial charge in [0.15, 0.2) is 5.78 Å². The summed E-state index contributed by atoms with van der Waals surface area (Å²) in [5.41, 5.74) is 1.44. The zero-order valence-electron chi connectivity index (χ0n) is 11.8. The number of benzene rings is 1. The van der Waals surface area contributed by atoms with E-state index >= 15 is 0 Å². The average molecular weight is 282 g/mol. The molecule has 0 saturated heterocycles. The first kappa shape index (κ1) is 13.6. The van der Waals surface area contributed by atoms with E-state index in [1.54, 1.807) is 30.5 Å². The van der Waals surface area contributed by atoms with E-state index in [1.165, 1.54) is 25.0 Å². The van der Waals surface area contributed by atoms with Crippen molar-refractivity contribution in [2.75, 3.05) is 0 Å². The molecule has 4 nitrogen and oxygen atoms in total. The average Bonchev–Trinajstić information content (AvgIpc) is 3.15. The van der Waals surface area contributed by atoms with Crippen LogP contribution in [0.3, 0.4) is 0 Å². The van der Waals surface area contributed by atoms with E-state index in [9.17, 15) is 9.90 Å². The van der Waals surface area contributed by atoms with Gasteiger partial charge < -0.3 is 5.11 Å². The van der Waals surface area contributed by atoms with Crippen molar-refractivity contribution >= 4 is 11.9 Å². The summed E-state index contributed by atoms with van der Waals surface area (Å²) in [6, 6.07) is 8.76. The third-order valence-electron chi connectivity index (χ3n) is 3.91. The third kappa shape index (κ3) is 3.05. The van der Waals surface area contributed by atoms with E-state index in [2.05, 4.69) is 5.10 Å². The Bertz CT molecular complexity index is 667. The maximum atomic E-state index is 12.1. The SMILES string of the molecule is O=C(/C=C/c1ccnn1C1CCCC1)c1cccc(O)c1. The molecule has 0 radical (unpaired) electrons. The summed E-state index contributed by atoms with van der Waals surface area (Å²) in [4.78, 5) is 12.1. The van der Waals surface area contributed by atoms with Gasteiger partial charge in [0.05, 0.1) is 11.7 Å². The van der Waals surface area contributed by atoms with Crippen LogP contribution in [0.1, 0.15) is 47.8 Å². The zero-order chi connectivity index (χ0) is 14.7. The Kier molecular flexibility index (Phi) is 3.86. The Hall–Kier alpha value is -2.36. The number of aromatic nitrogens is 2. The lowest BCUT2D eigenvalue weighted by atomic mass is 10.1. The highest BCUT2D eigenvalue weighted by Gasteiger charge is 2.18. The highest BCUT2D eigenvalue weighted by molar-refractivity contribution is 6.06. The molecule has 21 heavy (non-hydrogen) atoms. The van der Waals surface area contributed by atoms with Crippen LogP contribution in [0.15, 0.2) is 42.6 Å². The van der Waals surface area contributed by atoms with Crippen LogP contribution in [-0.2, 0) is 0 Å². The maximum Gasteiger partial charge on any atom is 0.186 e. The van der Waals surface area contributed by atoms with E-state index in [0.29, 0.717) is 11.6 Å². The number of hydrogen-bond donors (Lipinski definition) is 1. The molecule has 108 valence electrons. The minimum absolute atomic E-state index is 0.102. The minimum Gasteiger partial charge on any atom is -0.508 e. The monoisotopic (exact) mass is 282 g/mol. The van der Waals surface area contributed by atoms with Crippen LogP contribution in [0.2, 0.25) is 0 Å². The number of ketones is 1. The number of carbonyl (C=O) groups is 1. The number of carbonyl (C=O) groups excluding carboxylic acids is 1. The topological polar surface area (TPSA) is 55.1 Å². The lowest BCUT2D eigenvalue weighted by molar-refractivity contribution is 0.104. The fourth-order valence-corrected chi connectivity index (χ4v) is 2.83. The Labute approximate surface area is 123 Å². The van der Waals surface area contributed by atoms with Crippen LogP contribution in [0.4, 0.5) is 0 Å². The van der Waals surface area contributed by atoms with Gasteiger partial charge in [0.25, 0.3) is 0 Å². The number of phenols is 1. The molecular weight excluding hydrogens is 264 g/mol. The summed E-state index contributed by atoms with van der Waals surface area (Å²) in [6.07, 6.45) is 9.92. The van der Waals surface area contributed by atoms with Gasteiger partial charge in [0.2, 0.25) is 0 Å². The molecule has 1 aliphatic carbocycles.